The van der Waals surface area contributed by atoms with E-state index in [2.05, 4.69) is 5.32 Å². The number of imide groups is 2. The van der Waals surface area contributed by atoms with Crippen molar-refractivity contribution in [3.63, 3.8) is 0 Å². The van der Waals surface area contributed by atoms with Crippen molar-refractivity contribution in [3.05, 3.63) is 0 Å². The van der Waals surface area contributed by atoms with Crippen LogP contribution in [-0.2, 0) is 14.4 Å². The van der Waals surface area contributed by atoms with Gasteiger partial charge in [-0.05, 0) is 12.3 Å². The highest BCUT2D eigenvalue weighted by Gasteiger charge is 2.41. The highest BCUT2D eigenvalue weighted by molar-refractivity contribution is 6.16. The summed E-state index contributed by atoms with van der Waals surface area (Å²) < 4.78 is 0. The molecule has 7 nitrogen and oxygen atoms in total. The molecule has 1 heterocycles. The molecule has 1 saturated heterocycles. The molecule has 0 aromatic rings. The van der Waals surface area contributed by atoms with E-state index >= 15 is 0 Å². The van der Waals surface area contributed by atoms with Gasteiger partial charge in [0.1, 0.15) is 5.92 Å². The molecule has 18 heavy (non-hydrogen) atoms. The van der Waals surface area contributed by atoms with E-state index < -0.39 is 29.7 Å². The fraction of sp³-hybridized carbons (Fsp3) is 0.636. The molecule has 0 spiro atoms. The Bertz CT molecular complexity index is 392. The summed E-state index contributed by atoms with van der Waals surface area (Å²) in [4.78, 5) is 46.6. The van der Waals surface area contributed by atoms with E-state index in [4.69, 9.17) is 5.73 Å². The van der Waals surface area contributed by atoms with Gasteiger partial charge in [-0.3, -0.25) is 24.6 Å². The van der Waals surface area contributed by atoms with Crippen LogP contribution in [0.25, 0.3) is 0 Å². The van der Waals surface area contributed by atoms with Gasteiger partial charge in [-0.15, -0.1) is 0 Å². The Balaban J connectivity index is 2.71. The van der Waals surface area contributed by atoms with Crippen LogP contribution in [0.15, 0.2) is 0 Å². The summed E-state index contributed by atoms with van der Waals surface area (Å²) in [5.74, 6) is -2.61. The summed E-state index contributed by atoms with van der Waals surface area (Å²) in [5, 5.41) is 2.14. The third kappa shape index (κ3) is 3.06. The molecule has 7 heteroatoms. The maximum Gasteiger partial charge on any atom is 0.330 e. The normalized spacial score (nSPS) is 20.3. The summed E-state index contributed by atoms with van der Waals surface area (Å²) in [6, 6.07) is -0.730. The van der Waals surface area contributed by atoms with Crippen LogP contribution in [0.2, 0.25) is 0 Å². The number of urea groups is 1. The van der Waals surface area contributed by atoms with Crippen LogP contribution in [0.5, 0.6) is 0 Å². The first-order valence-corrected chi connectivity index (χ1v) is 5.79. The average Bonchev–Trinajstić information content (AvgIpc) is 2.21. The van der Waals surface area contributed by atoms with E-state index in [0.717, 1.165) is 4.90 Å². The highest BCUT2D eigenvalue weighted by atomic mass is 16.2. The monoisotopic (exact) mass is 255 g/mol. The zero-order valence-electron chi connectivity index (χ0n) is 10.4. The molecule has 1 rings (SSSR count). The van der Waals surface area contributed by atoms with Gasteiger partial charge in [0.25, 0.3) is 0 Å². The van der Waals surface area contributed by atoms with Crippen LogP contribution in [0.1, 0.15) is 26.7 Å². The number of hydrogen-bond acceptors (Lipinski definition) is 4. The Morgan fingerprint density at radius 2 is 2.00 bits per heavy atom. The number of barbiturate groups is 1. The molecule has 0 aromatic carbocycles. The second kappa shape index (κ2) is 5.61. The van der Waals surface area contributed by atoms with Gasteiger partial charge in [0.2, 0.25) is 17.7 Å². The molecule has 0 aliphatic carbocycles. The molecule has 3 N–H and O–H groups in total. The molecular weight excluding hydrogens is 238 g/mol. The summed E-state index contributed by atoms with van der Waals surface area (Å²) in [5.41, 5.74) is 4.98. The quantitative estimate of drug-likeness (QED) is 0.651. The number of amides is 5. The van der Waals surface area contributed by atoms with Gasteiger partial charge in [-0.1, -0.05) is 13.8 Å². The predicted octanol–water partition coefficient (Wildman–Crippen LogP) is -0.397. The number of nitrogens with one attached hydrogen (secondary N) is 1. The van der Waals surface area contributed by atoms with E-state index in [1.165, 1.54) is 0 Å². The van der Waals surface area contributed by atoms with Gasteiger partial charge in [0.15, 0.2) is 0 Å². The van der Waals surface area contributed by atoms with E-state index in [-0.39, 0.29) is 18.9 Å². The molecule has 0 saturated carbocycles. The van der Waals surface area contributed by atoms with E-state index in [0.29, 0.717) is 6.42 Å². The Hall–Kier alpha value is -1.92. The topological polar surface area (TPSA) is 110 Å². The molecular formula is C11H17N3O4. The van der Waals surface area contributed by atoms with E-state index in [9.17, 15) is 19.2 Å². The maximum absolute atomic E-state index is 12.0. The summed E-state index contributed by atoms with van der Waals surface area (Å²) in [6.07, 6.45) is 0.394. The van der Waals surface area contributed by atoms with Gasteiger partial charge in [-0.25, -0.2) is 4.79 Å². The van der Waals surface area contributed by atoms with Crippen LogP contribution in [0.4, 0.5) is 4.79 Å². The van der Waals surface area contributed by atoms with Crippen molar-refractivity contribution in [1.29, 1.82) is 0 Å². The third-order valence-electron chi connectivity index (χ3n) is 2.76. The lowest BCUT2D eigenvalue weighted by Gasteiger charge is -2.31. The molecule has 0 bridgehead atoms. The number of rotatable bonds is 5. The molecule has 0 aromatic heterocycles. The average molecular weight is 255 g/mol. The fourth-order valence-electron chi connectivity index (χ4n) is 1.84. The number of primary amides is 1. The van der Waals surface area contributed by atoms with Crippen LogP contribution < -0.4 is 11.1 Å². The molecule has 1 atom stereocenters. The van der Waals surface area contributed by atoms with Crippen molar-refractivity contribution in [2.45, 2.75) is 26.7 Å². The zero-order valence-corrected chi connectivity index (χ0v) is 10.4. The Morgan fingerprint density at radius 1 is 1.39 bits per heavy atom. The fourth-order valence-corrected chi connectivity index (χ4v) is 1.84. The van der Waals surface area contributed by atoms with E-state index in [1.807, 2.05) is 0 Å². The van der Waals surface area contributed by atoms with Crippen molar-refractivity contribution in [3.8, 4) is 0 Å². The first kappa shape index (κ1) is 14.1. The SMILES string of the molecule is CC(C)C1C(=O)NC(=O)N(CCCC(N)=O)C1=O. The summed E-state index contributed by atoms with van der Waals surface area (Å²) in [7, 11) is 0. The van der Waals surface area contributed by atoms with Gasteiger partial charge in [0, 0.05) is 13.0 Å². The number of carbonyl (C=O) groups is 4. The second-order valence-electron chi connectivity index (χ2n) is 4.58. The lowest BCUT2D eigenvalue weighted by atomic mass is 9.92. The Labute approximate surface area is 105 Å². The van der Waals surface area contributed by atoms with Crippen molar-refractivity contribution >= 4 is 23.8 Å². The van der Waals surface area contributed by atoms with Crippen molar-refractivity contribution < 1.29 is 19.2 Å². The van der Waals surface area contributed by atoms with Crippen LogP contribution in [0, 0.1) is 11.8 Å². The highest BCUT2D eigenvalue weighted by Crippen LogP contribution is 2.19. The minimum Gasteiger partial charge on any atom is -0.370 e. The van der Waals surface area contributed by atoms with Crippen molar-refractivity contribution in [1.82, 2.24) is 10.2 Å². The lowest BCUT2D eigenvalue weighted by molar-refractivity contribution is -0.144. The predicted molar refractivity (Wildman–Crippen MR) is 62.0 cm³/mol. The largest absolute Gasteiger partial charge is 0.370 e. The first-order chi connectivity index (χ1) is 8.34. The Morgan fingerprint density at radius 3 is 2.50 bits per heavy atom. The lowest BCUT2D eigenvalue weighted by Crippen LogP contribution is -2.59. The minimum atomic E-state index is -0.851. The standard InChI is InChI=1S/C11H17N3O4/c1-6(2)8-9(16)13-11(18)14(10(8)17)5-3-4-7(12)15/h6,8H,3-5H2,1-2H3,(H2,12,15)(H,13,16,18). The smallest absolute Gasteiger partial charge is 0.330 e. The molecule has 1 unspecified atom stereocenters. The third-order valence-corrected chi connectivity index (χ3v) is 2.76. The van der Waals surface area contributed by atoms with Gasteiger partial charge < -0.3 is 5.73 Å². The minimum absolute atomic E-state index is 0.0874. The second-order valence-corrected chi connectivity index (χ2v) is 4.58. The van der Waals surface area contributed by atoms with Crippen molar-refractivity contribution in [2.75, 3.05) is 6.54 Å². The van der Waals surface area contributed by atoms with Gasteiger partial charge in [0.05, 0.1) is 0 Å². The molecule has 0 radical (unpaired) electrons. The van der Waals surface area contributed by atoms with Crippen LogP contribution in [0.3, 0.4) is 0 Å². The molecule has 1 fully saturated rings. The van der Waals surface area contributed by atoms with Crippen LogP contribution >= 0.6 is 0 Å². The Kier molecular flexibility index (Phi) is 4.41. The molecule has 5 amide bonds. The van der Waals surface area contributed by atoms with Gasteiger partial charge >= 0.3 is 6.03 Å². The zero-order chi connectivity index (χ0) is 13.9. The van der Waals surface area contributed by atoms with Crippen molar-refractivity contribution in [2.24, 2.45) is 17.6 Å². The first-order valence-electron chi connectivity index (χ1n) is 5.79. The maximum atomic E-state index is 12.0. The van der Waals surface area contributed by atoms with Gasteiger partial charge in [-0.2, -0.15) is 0 Å². The molecule has 1 aliphatic heterocycles. The molecule has 100 valence electrons. The van der Waals surface area contributed by atoms with Crippen LogP contribution in [-0.4, -0.2) is 35.2 Å². The number of hydrogen-bond donors (Lipinski definition) is 2. The summed E-state index contributed by atoms with van der Waals surface area (Å²) >= 11 is 0. The number of nitrogens with zero attached hydrogens (tertiary/aromatic N) is 1. The summed E-state index contributed by atoms with van der Waals surface area (Å²) in [6.45, 7) is 3.56. The van der Waals surface area contributed by atoms with E-state index in [1.54, 1.807) is 13.8 Å². The number of nitrogens with two attached hydrogens (primary N) is 1. The number of carbonyl (C=O) groups excluding carboxylic acids is 4. The molecule has 1 aliphatic rings.